The molecule has 0 bridgehead atoms. The first-order valence-electron chi connectivity index (χ1n) is 6.07. The van der Waals surface area contributed by atoms with Crippen molar-refractivity contribution in [3.8, 4) is 0 Å². The van der Waals surface area contributed by atoms with Crippen LogP contribution in [0.4, 0.5) is 0 Å². The molecule has 1 aliphatic heterocycles. The van der Waals surface area contributed by atoms with Crippen LogP contribution >= 0.6 is 0 Å². The van der Waals surface area contributed by atoms with Gasteiger partial charge in [-0.3, -0.25) is 0 Å². The lowest BCUT2D eigenvalue weighted by Crippen LogP contribution is -2.28. The van der Waals surface area contributed by atoms with E-state index in [4.69, 9.17) is 9.15 Å². The zero-order valence-electron chi connectivity index (χ0n) is 10.3. The highest BCUT2D eigenvalue weighted by Crippen LogP contribution is 2.24. The summed E-state index contributed by atoms with van der Waals surface area (Å²) in [5, 5.41) is 3.30. The number of rotatable bonds is 3. The molecule has 1 saturated heterocycles. The van der Waals surface area contributed by atoms with Crippen molar-refractivity contribution in [1.82, 2.24) is 10.3 Å². The Bertz CT molecular complexity index is 394. The van der Waals surface area contributed by atoms with E-state index in [1.165, 1.54) is 0 Å². The topological polar surface area (TPSA) is 64.4 Å². The maximum Gasteiger partial charge on any atom is 0.376 e. The van der Waals surface area contributed by atoms with Crippen molar-refractivity contribution in [3.63, 3.8) is 0 Å². The van der Waals surface area contributed by atoms with Gasteiger partial charge in [-0.25, -0.2) is 9.78 Å². The molecule has 0 aromatic carbocycles. The predicted octanol–water partition coefficient (Wildman–Crippen LogP) is 1.63. The summed E-state index contributed by atoms with van der Waals surface area (Å²) >= 11 is 0. The molecule has 0 saturated carbocycles. The number of aromatic nitrogens is 1. The monoisotopic (exact) mass is 238 g/mol. The predicted molar refractivity (Wildman–Crippen MR) is 62.0 cm³/mol. The van der Waals surface area contributed by atoms with Gasteiger partial charge in [0.25, 0.3) is 0 Å². The molecule has 2 rings (SSSR count). The molecule has 0 radical (unpaired) electrons. The minimum atomic E-state index is -0.424. The third kappa shape index (κ3) is 2.66. The van der Waals surface area contributed by atoms with Gasteiger partial charge < -0.3 is 14.5 Å². The van der Waals surface area contributed by atoms with E-state index in [2.05, 4.69) is 10.3 Å². The second kappa shape index (κ2) is 5.31. The number of oxazole rings is 1. The van der Waals surface area contributed by atoms with E-state index in [0.717, 1.165) is 25.9 Å². The minimum absolute atomic E-state index is 0.243. The number of esters is 1. The van der Waals surface area contributed by atoms with Crippen LogP contribution in [-0.2, 0) is 4.74 Å². The number of hydrogen-bond donors (Lipinski definition) is 1. The van der Waals surface area contributed by atoms with Crippen LogP contribution in [0, 0.1) is 6.92 Å². The smallest absolute Gasteiger partial charge is 0.376 e. The van der Waals surface area contributed by atoms with Gasteiger partial charge in [0.1, 0.15) is 0 Å². The van der Waals surface area contributed by atoms with Gasteiger partial charge in [0, 0.05) is 12.5 Å². The molecule has 5 heteroatoms. The van der Waals surface area contributed by atoms with Crippen molar-refractivity contribution in [3.05, 3.63) is 17.3 Å². The first-order chi connectivity index (χ1) is 8.22. The van der Waals surface area contributed by atoms with E-state index in [0.29, 0.717) is 18.2 Å². The fourth-order valence-corrected chi connectivity index (χ4v) is 2.04. The molecule has 17 heavy (non-hydrogen) atoms. The van der Waals surface area contributed by atoms with Crippen LogP contribution in [-0.4, -0.2) is 30.6 Å². The van der Waals surface area contributed by atoms with Crippen LogP contribution in [0.3, 0.4) is 0 Å². The molecule has 1 aromatic rings. The van der Waals surface area contributed by atoms with Gasteiger partial charge in [0.2, 0.25) is 5.76 Å². The first-order valence-corrected chi connectivity index (χ1v) is 6.07. The number of aryl methyl sites for hydroxylation is 1. The second-order valence-corrected chi connectivity index (χ2v) is 4.23. The fourth-order valence-electron chi connectivity index (χ4n) is 2.04. The molecule has 1 aromatic heterocycles. The van der Waals surface area contributed by atoms with E-state index < -0.39 is 5.97 Å². The molecule has 1 unspecified atom stereocenters. The molecule has 0 amide bonds. The van der Waals surface area contributed by atoms with E-state index in [9.17, 15) is 4.79 Å². The molecule has 1 fully saturated rings. The fraction of sp³-hybridized carbons (Fsp3) is 0.667. The van der Waals surface area contributed by atoms with Gasteiger partial charge in [0.05, 0.1) is 12.3 Å². The molecule has 1 atom stereocenters. The summed E-state index contributed by atoms with van der Waals surface area (Å²) in [6.07, 6.45) is 2.16. The summed E-state index contributed by atoms with van der Waals surface area (Å²) in [6, 6.07) is 0. The van der Waals surface area contributed by atoms with Crippen LogP contribution in [0.25, 0.3) is 0 Å². The van der Waals surface area contributed by atoms with Gasteiger partial charge in [-0.05, 0) is 33.2 Å². The van der Waals surface area contributed by atoms with Crippen LogP contribution in [0.5, 0.6) is 0 Å². The Morgan fingerprint density at radius 2 is 2.47 bits per heavy atom. The summed E-state index contributed by atoms with van der Waals surface area (Å²) in [6.45, 7) is 5.80. The third-order valence-electron chi connectivity index (χ3n) is 2.92. The SMILES string of the molecule is CCOC(=O)c1oc(C2CCCNC2)nc1C. The number of nitrogens with one attached hydrogen (secondary N) is 1. The van der Waals surface area contributed by atoms with Crippen molar-refractivity contribution < 1.29 is 13.9 Å². The number of piperidine rings is 1. The Labute approximate surface area is 101 Å². The highest BCUT2D eigenvalue weighted by Gasteiger charge is 2.24. The molecule has 1 aliphatic rings. The summed E-state index contributed by atoms with van der Waals surface area (Å²) in [5.41, 5.74) is 0.615. The summed E-state index contributed by atoms with van der Waals surface area (Å²) in [7, 11) is 0. The quantitative estimate of drug-likeness (QED) is 0.811. The average molecular weight is 238 g/mol. The zero-order chi connectivity index (χ0) is 12.3. The first kappa shape index (κ1) is 12.1. The van der Waals surface area contributed by atoms with Crippen LogP contribution in [0.1, 0.15) is 47.8 Å². The van der Waals surface area contributed by atoms with E-state index in [1.807, 2.05) is 0 Å². The Morgan fingerprint density at radius 1 is 1.65 bits per heavy atom. The van der Waals surface area contributed by atoms with E-state index in [1.54, 1.807) is 13.8 Å². The average Bonchev–Trinajstić information content (AvgIpc) is 2.73. The summed E-state index contributed by atoms with van der Waals surface area (Å²) in [5.74, 6) is 0.739. The number of ether oxygens (including phenoxy) is 1. The van der Waals surface area contributed by atoms with Gasteiger partial charge in [-0.2, -0.15) is 0 Å². The molecule has 0 spiro atoms. The molecular formula is C12H18N2O3. The van der Waals surface area contributed by atoms with E-state index >= 15 is 0 Å². The molecular weight excluding hydrogens is 220 g/mol. The number of hydrogen-bond acceptors (Lipinski definition) is 5. The van der Waals surface area contributed by atoms with Crippen LogP contribution < -0.4 is 5.32 Å². The van der Waals surface area contributed by atoms with Gasteiger partial charge in [-0.1, -0.05) is 0 Å². The summed E-state index contributed by atoms with van der Waals surface area (Å²) in [4.78, 5) is 15.9. The Hall–Kier alpha value is -1.36. The number of carbonyl (C=O) groups is 1. The molecule has 1 N–H and O–H groups in total. The van der Waals surface area contributed by atoms with Gasteiger partial charge in [-0.15, -0.1) is 0 Å². The lowest BCUT2D eigenvalue weighted by Gasteiger charge is -2.19. The maximum atomic E-state index is 11.6. The Kier molecular flexibility index (Phi) is 3.78. The van der Waals surface area contributed by atoms with Crippen molar-refractivity contribution in [2.45, 2.75) is 32.6 Å². The third-order valence-corrected chi connectivity index (χ3v) is 2.92. The van der Waals surface area contributed by atoms with Crippen molar-refractivity contribution >= 4 is 5.97 Å². The molecule has 94 valence electrons. The maximum absolute atomic E-state index is 11.6. The largest absolute Gasteiger partial charge is 0.460 e. The number of nitrogens with zero attached hydrogens (tertiary/aromatic N) is 1. The number of carbonyl (C=O) groups excluding carboxylic acids is 1. The molecule has 5 nitrogen and oxygen atoms in total. The van der Waals surface area contributed by atoms with Crippen molar-refractivity contribution in [1.29, 1.82) is 0 Å². The van der Waals surface area contributed by atoms with E-state index in [-0.39, 0.29) is 11.7 Å². The lowest BCUT2D eigenvalue weighted by atomic mass is 10.00. The zero-order valence-corrected chi connectivity index (χ0v) is 10.3. The highest BCUT2D eigenvalue weighted by atomic mass is 16.5. The normalized spacial score (nSPS) is 20.2. The Balaban J connectivity index is 2.14. The standard InChI is InChI=1S/C12H18N2O3/c1-3-16-12(15)10-8(2)14-11(17-10)9-5-4-6-13-7-9/h9,13H,3-7H2,1-2H3. The van der Waals surface area contributed by atoms with Gasteiger partial charge in [0.15, 0.2) is 5.89 Å². The van der Waals surface area contributed by atoms with Crippen LogP contribution in [0.2, 0.25) is 0 Å². The molecule has 2 heterocycles. The van der Waals surface area contributed by atoms with Crippen LogP contribution in [0.15, 0.2) is 4.42 Å². The summed E-state index contributed by atoms with van der Waals surface area (Å²) < 4.78 is 10.5. The Morgan fingerprint density at radius 3 is 3.12 bits per heavy atom. The minimum Gasteiger partial charge on any atom is -0.460 e. The second-order valence-electron chi connectivity index (χ2n) is 4.23. The van der Waals surface area contributed by atoms with Crippen molar-refractivity contribution in [2.75, 3.05) is 19.7 Å². The highest BCUT2D eigenvalue weighted by molar-refractivity contribution is 5.87. The van der Waals surface area contributed by atoms with Crippen molar-refractivity contribution in [2.24, 2.45) is 0 Å². The molecule has 0 aliphatic carbocycles. The van der Waals surface area contributed by atoms with Gasteiger partial charge >= 0.3 is 5.97 Å². The lowest BCUT2D eigenvalue weighted by molar-refractivity contribution is 0.0486.